The van der Waals surface area contributed by atoms with E-state index in [0.29, 0.717) is 0 Å². The topological polar surface area (TPSA) is 118 Å². The monoisotopic (exact) mass is 503 g/mol. The molecule has 35 heavy (non-hydrogen) atoms. The van der Waals surface area contributed by atoms with Gasteiger partial charge in [0.2, 0.25) is 5.82 Å². The largest absolute Gasteiger partial charge is 0.618 e. The first-order valence-electron chi connectivity index (χ1n) is 10.4. The average molecular weight is 503 g/mol. The molecule has 0 bridgehead atoms. The van der Waals surface area contributed by atoms with Gasteiger partial charge in [-0.3, -0.25) is 9.59 Å². The zero-order chi connectivity index (χ0) is 26.3. The lowest BCUT2D eigenvalue weighted by Gasteiger charge is -2.32. The van der Waals surface area contributed by atoms with Crippen molar-refractivity contribution in [2.75, 3.05) is 11.9 Å². The highest BCUT2D eigenvalue weighted by Crippen LogP contribution is 2.55. The van der Waals surface area contributed by atoms with E-state index in [9.17, 15) is 36.7 Å². The van der Waals surface area contributed by atoms with Gasteiger partial charge in [-0.25, -0.2) is 4.39 Å². The van der Waals surface area contributed by atoms with Crippen LogP contribution in [0.5, 0.6) is 5.75 Å². The number of benzene rings is 1. The minimum absolute atomic E-state index is 0.123. The molecule has 1 saturated heterocycles. The molecule has 1 aromatic carbocycles. The summed E-state index contributed by atoms with van der Waals surface area (Å²) in [5.41, 5.74) is 1.44. The predicted octanol–water partition coefficient (Wildman–Crippen LogP) is 3.17. The second kappa shape index (κ2) is 9.29. The maximum absolute atomic E-state index is 14.5. The number of nitrogens with one attached hydrogen (secondary N) is 1. The van der Waals surface area contributed by atoms with Gasteiger partial charge in [-0.05, 0) is 19.9 Å². The number of pyridine rings is 1. The first-order chi connectivity index (χ1) is 16.2. The van der Waals surface area contributed by atoms with E-state index >= 15 is 0 Å². The van der Waals surface area contributed by atoms with E-state index in [4.69, 9.17) is 15.2 Å². The summed E-state index contributed by atoms with van der Waals surface area (Å²) in [6, 6.07) is 3.80. The number of hydrogen-bond acceptors (Lipinski definition) is 5. The van der Waals surface area contributed by atoms with Crippen LogP contribution < -0.4 is 20.5 Å². The molecule has 2 aromatic rings. The Labute approximate surface area is 196 Å². The maximum atomic E-state index is 14.5. The smallest absolute Gasteiger partial charge is 0.417 e. The molecule has 13 heteroatoms. The summed E-state index contributed by atoms with van der Waals surface area (Å²) in [6.45, 7) is 3.28. The predicted molar refractivity (Wildman–Crippen MR) is 111 cm³/mol. The van der Waals surface area contributed by atoms with E-state index in [0.717, 1.165) is 37.4 Å². The molecule has 0 radical (unpaired) electrons. The van der Waals surface area contributed by atoms with Crippen LogP contribution in [-0.2, 0) is 9.53 Å². The average Bonchev–Trinajstić information content (AvgIpc) is 3.05. The zero-order valence-electron chi connectivity index (χ0n) is 18.8. The Bertz CT molecular complexity index is 1160. The lowest BCUT2D eigenvalue weighted by atomic mass is 9.77. The molecule has 4 atom stereocenters. The highest BCUT2D eigenvalue weighted by molar-refractivity contribution is 5.97. The van der Waals surface area contributed by atoms with Gasteiger partial charge >= 0.3 is 12.1 Å². The second-order valence-electron chi connectivity index (χ2n) is 8.15. The Kier molecular flexibility index (Phi) is 6.93. The minimum atomic E-state index is -4.93. The summed E-state index contributed by atoms with van der Waals surface area (Å²) in [5, 5.41) is 14.0. The Hall–Kier alpha value is -3.48. The van der Waals surface area contributed by atoms with Gasteiger partial charge < -0.3 is 25.7 Å². The molecule has 190 valence electrons. The Morgan fingerprint density at radius 1 is 1.29 bits per heavy atom. The van der Waals surface area contributed by atoms with Crippen LogP contribution in [0.3, 0.4) is 0 Å². The molecule has 0 aliphatic carbocycles. The number of carbonyl (C=O) groups excluding carboxylic acids is 2. The fourth-order valence-electron chi connectivity index (χ4n) is 4.08. The third kappa shape index (κ3) is 4.59. The van der Waals surface area contributed by atoms with Crippen LogP contribution in [0.4, 0.5) is 27.6 Å². The first kappa shape index (κ1) is 26.1. The number of primary amides is 1. The number of hydrogen-bond donors (Lipinski definition) is 2. The van der Waals surface area contributed by atoms with Gasteiger partial charge in [-0.15, -0.1) is 0 Å². The molecule has 2 heterocycles. The van der Waals surface area contributed by atoms with Gasteiger partial charge in [0.25, 0.3) is 11.6 Å². The number of amides is 2. The van der Waals surface area contributed by atoms with Crippen molar-refractivity contribution < 1.29 is 45.7 Å². The van der Waals surface area contributed by atoms with E-state index in [1.165, 1.54) is 13.8 Å². The molecule has 3 rings (SSSR count). The van der Waals surface area contributed by atoms with Gasteiger partial charge in [0.15, 0.2) is 23.4 Å². The highest BCUT2D eigenvalue weighted by Gasteiger charge is 2.66. The normalized spacial score (nSPS) is 24.3. The van der Waals surface area contributed by atoms with Crippen molar-refractivity contribution in [2.45, 2.75) is 44.6 Å². The SMILES string of the molecule is CCOc1c([C@@H]2[C@@H](C(=O)Nc3cc[n+]([O-])c(C(N)=O)c3)O[C@@](C)(C(F)(F)F)[C@@H]2C)ccc(F)c1F. The minimum Gasteiger partial charge on any atom is -0.618 e. The summed E-state index contributed by atoms with van der Waals surface area (Å²) in [6.07, 6.45) is -5.89. The van der Waals surface area contributed by atoms with Crippen molar-refractivity contribution >= 4 is 17.5 Å². The number of nitrogens with two attached hydrogens (primary N) is 1. The van der Waals surface area contributed by atoms with Gasteiger partial charge in [-0.2, -0.15) is 22.3 Å². The van der Waals surface area contributed by atoms with Crippen LogP contribution in [-0.4, -0.2) is 36.3 Å². The lowest BCUT2D eigenvalue weighted by Crippen LogP contribution is -2.47. The number of rotatable bonds is 6. The van der Waals surface area contributed by atoms with Crippen molar-refractivity contribution in [2.24, 2.45) is 11.7 Å². The van der Waals surface area contributed by atoms with Crippen LogP contribution >= 0.6 is 0 Å². The molecule has 1 aromatic heterocycles. The summed E-state index contributed by atoms with van der Waals surface area (Å²) in [4.78, 5) is 24.5. The van der Waals surface area contributed by atoms with Crippen molar-refractivity contribution in [3.05, 3.63) is 58.6 Å². The fourth-order valence-corrected chi connectivity index (χ4v) is 4.08. The summed E-state index contributed by atoms with van der Waals surface area (Å²) in [7, 11) is 0. The first-order valence-corrected chi connectivity index (χ1v) is 10.4. The summed E-state index contributed by atoms with van der Waals surface area (Å²) >= 11 is 0. The summed E-state index contributed by atoms with van der Waals surface area (Å²) in [5.74, 6) is -8.36. The number of anilines is 1. The molecule has 8 nitrogen and oxygen atoms in total. The van der Waals surface area contributed by atoms with E-state index in [1.807, 2.05) is 0 Å². The molecular formula is C22H22F5N3O5. The van der Waals surface area contributed by atoms with Crippen LogP contribution in [0.25, 0.3) is 0 Å². The standard InChI is InChI=1S/C22H22F5N3O5/c1-4-34-17-12(5-6-13(23)16(17)24)15-10(2)21(3,22(25,26)27)35-18(15)20(32)29-11-7-8-30(33)14(9-11)19(28)31/h5-10,15,18H,4H2,1-3H3,(H2,28,31)(H,29,32)/t10-,15-,18+,21-/m1/s1. The number of ether oxygens (including phenoxy) is 2. The van der Waals surface area contributed by atoms with Crippen LogP contribution in [0, 0.1) is 22.8 Å². The Morgan fingerprint density at radius 2 is 1.94 bits per heavy atom. The third-order valence-electron chi connectivity index (χ3n) is 6.09. The van der Waals surface area contributed by atoms with E-state index in [-0.39, 0.29) is 22.6 Å². The number of aromatic nitrogens is 1. The molecule has 0 spiro atoms. The van der Waals surface area contributed by atoms with Crippen molar-refractivity contribution in [1.82, 2.24) is 0 Å². The van der Waals surface area contributed by atoms with Crippen molar-refractivity contribution in [3.63, 3.8) is 0 Å². The van der Waals surface area contributed by atoms with Crippen LogP contribution in [0.2, 0.25) is 0 Å². The maximum Gasteiger partial charge on any atom is 0.417 e. The van der Waals surface area contributed by atoms with E-state index in [1.54, 1.807) is 0 Å². The molecular weight excluding hydrogens is 481 g/mol. The molecule has 1 aliphatic rings. The fraction of sp³-hybridized carbons (Fsp3) is 0.409. The van der Waals surface area contributed by atoms with Gasteiger partial charge in [-0.1, -0.05) is 13.0 Å². The molecule has 1 fully saturated rings. The quantitative estimate of drug-likeness (QED) is 0.357. The number of alkyl halides is 3. The van der Waals surface area contributed by atoms with E-state index < -0.39 is 64.6 Å². The third-order valence-corrected chi connectivity index (χ3v) is 6.09. The molecule has 3 N–H and O–H groups in total. The molecule has 2 amide bonds. The van der Waals surface area contributed by atoms with Gasteiger partial charge in [0, 0.05) is 29.5 Å². The van der Waals surface area contributed by atoms with Crippen molar-refractivity contribution in [1.29, 1.82) is 0 Å². The van der Waals surface area contributed by atoms with Crippen LogP contribution in [0.15, 0.2) is 30.5 Å². The summed E-state index contributed by atoms with van der Waals surface area (Å²) < 4.78 is 81.1. The number of halogens is 5. The Morgan fingerprint density at radius 3 is 2.51 bits per heavy atom. The van der Waals surface area contributed by atoms with E-state index in [2.05, 4.69) is 5.32 Å². The molecule has 0 unspecified atom stereocenters. The van der Waals surface area contributed by atoms with Gasteiger partial charge in [0.1, 0.15) is 6.10 Å². The lowest BCUT2D eigenvalue weighted by molar-refractivity contribution is -0.607. The number of carbonyl (C=O) groups is 2. The van der Waals surface area contributed by atoms with Crippen LogP contribution in [0.1, 0.15) is 42.7 Å². The molecule has 0 saturated carbocycles. The second-order valence-corrected chi connectivity index (χ2v) is 8.15. The number of nitrogens with zero attached hydrogens (tertiary/aromatic N) is 1. The van der Waals surface area contributed by atoms with Crippen molar-refractivity contribution in [3.8, 4) is 5.75 Å². The zero-order valence-corrected chi connectivity index (χ0v) is 18.8. The Balaban J connectivity index is 2.09. The highest BCUT2D eigenvalue weighted by atomic mass is 19.4. The van der Waals surface area contributed by atoms with Gasteiger partial charge in [0.05, 0.1) is 12.3 Å². The molecule has 1 aliphatic heterocycles.